The number of hydrogen-bond donors (Lipinski definition) is 1. The van der Waals surface area contributed by atoms with Gasteiger partial charge >= 0.3 is 51.4 Å². The van der Waals surface area contributed by atoms with Crippen LogP contribution in [0.5, 0.6) is 0 Å². The molecule has 0 heterocycles. The molecular weight excluding hydrogens is 423 g/mol. The van der Waals surface area contributed by atoms with Crippen LogP contribution in [0.15, 0.2) is 0 Å². The van der Waals surface area contributed by atoms with Gasteiger partial charge in [0.2, 0.25) is 0 Å². The molecule has 0 aliphatic rings. The molecule has 1 N–H and O–H groups in total. The third-order valence-electron chi connectivity index (χ3n) is 5.99. The summed E-state index contributed by atoms with van der Waals surface area (Å²) in [4.78, 5) is 0. The molecule has 0 spiro atoms. The van der Waals surface area contributed by atoms with E-state index in [0.717, 1.165) is 70.6 Å². The van der Waals surface area contributed by atoms with Gasteiger partial charge in [-0.1, -0.05) is 117 Å². The van der Waals surface area contributed by atoms with Crippen LogP contribution in [0.25, 0.3) is 0 Å². The average molecular weight is 473 g/mol. The maximum atomic E-state index is 11.4. The van der Waals surface area contributed by atoms with Gasteiger partial charge in [-0.25, -0.2) is 8.42 Å². The molecule has 4 nitrogen and oxygen atoms in total. The molecule has 176 valence electrons. The minimum atomic E-state index is -4.14. The fourth-order valence-electron chi connectivity index (χ4n) is 4.00. The molecule has 0 aromatic heterocycles. The topological polar surface area (TPSA) is 77.4 Å². The zero-order chi connectivity index (χ0) is 21.8. The Kier molecular flexibility index (Phi) is 26.6. The zero-order valence-corrected chi connectivity index (χ0v) is 24.3. The Labute approximate surface area is 230 Å². The molecule has 0 aromatic rings. The van der Waals surface area contributed by atoms with E-state index in [2.05, 4.69) is 13.8 Å². The minimum absolute atomic E-state index is 0. The smallest absolute Gasteiger partial charge is 0.748 e. The van der Waals surface area contributed by atoms with Crippen molar-refractivity contribution in [1.82, 2.24) is 0 Å². The Bertz CT molecular complexity index is 442. The van der Waals surface area contributed by atoms with Crippen molar-refractivity contribution in [3.05, 3.63) is 0 Å². The molecule has 0 aliphatic carbocycles. The second kappa shape index (κ2) is 23.7. The standard InChI is InChI=1S/C24H50O4S.K/c1-3-5-7-17-21-24(29(26,27)28)22-18-14-12-10-8-9-11-13-16-20-23(25)19-15-6-4-2;/h23-25H,3-22H2,1-2H3,(H,26,27,28);/q;+1/p-1. The van der Waals surface area contributed by atoms with Gasteiger partial charge in [-0.15, -0.1) is 0 Å². The van der Waals surface area contributed by atoms with Crippen molar-refractivity contribution in [2.24, 2.45) is 0 Å². The van der Waals surface area contributed by atoms with E-state index in [-0.39, 0.29) is 57.5 Å². The number of hydrogen-bond acceptors (Lipinski definition) is 4. The maximum absolute atomic E-state index is 11.4. The molecule has 2 unspecified atom stereocenters. The number of aliphatic hydroxyl groups excluding tert-OH is 1. The van der Waals surface area contributed by atoms with E-state index >= 15 is 0 Å². The van der Waals surface area contributed by atoms with Crippen LogP contribution in [0.3, 0.4) is 0 Å². The second-order valence-electron chi connectivity index (χ2n) is 8.87. The summed E-state index contributed by atoms with van der Waals surface area (Å²) in [7, 11) is -4.14. The Hall–Kier alpha value is 1.51. The molecule has 0 saturated heterocycles. The largest absolute Gasteiger partial charge is 1.00 e. The monoisotopic (exact) mass is 472 g/mol. The van der Waals surface area contributed by atoms with Crippen LogP contribution < -0.4 is 51.4 Å². The van der Waals surface area contributed by atoms with Crippen LogP contribution in [0.2, 0.25) is 0 Å². The molecule has 0 saturated carbocycles. The van der Waals surface area contributed by atoms with Crippen molar-refractivity contribution in [2.45, 2.75) is 154 Å². The van der Waals surface area contributed by atoms with E-state index < -0.39 is 15.4 Å². The van der Waals surface area contributed by atoms with Crippen LogP contribution >= 0.6 is 0 Å². The maximum Gasteiger partial charge on any atom is 1.00 e. The van der Waals surface area contributed by atoms with Crippen molar-refractivity contribution in [2.75, 3.05) is 0 Å². The van der Waals surface area contributed by atoms with E-state index in [1.807, 2.05) is 0 Å². The second-order valence-corrected chi connectivity index (χ2v) is 10.5. The zero-order valence-electron chi connectivity index (χ0n) is 20.4. The van der Waals surface area contributed by atoms with Crippen LogP contribution in [-0.4, -0.2) is 29.4 Å². The van der Waals surface area contributed by atoms with E-state index in [9.17, 15) is 18.1 Å². The normalized spacial score (nSPS) is 13.7. The first-order valence-electron chi connectivity index (χ1n) is 12.5. The fourth-order valence-corrected chi connectivity index (χ4v) is 4.91. The Morgan fingerprint density at radius 2 is 0.900 bits per heavy atom. The average Bonchev–Trinajstić information content (AvgIpc) is 2.66. The van der Waals surface area contributed by atoms with Gasteiger partial charge in [-0.05, 0) is 25.7 Å². The third-order valence-corrected chi connectivity index (χ3v) is 7.28. The molecule has 6 heteroatoms. The van der Waals surface area contributed by atoms with Gasteiger partial charge in [0, 0.05) is 5.25 Å². The first-order chi connectivity index (χ1) is 13.9. The summed E-state index contributed by atoms with van der Waals surface area (Å²) in [6.07, 6.45) is 20.9. The molecule has 0 aliphatic heterocycles. The Balaban J connectivity index is 0. The quantitative estimate of drug-likeness (QED) is 0.146. The molecule has 0 fully saturated rings. The molecule has 0 bridgehead atoms. The molecule has 0 aromatic carbocycles. The van der Waals surface area contributed by atoms with Gasteiger partial charge in [0.1, 0.15) is 0 Å². The van der Waals surface area contributed by atoms with Crippen LogP contribution in [-0.2, 0) is 10.1 Å². The molecule has 0 rings (SSSR count). The summed E-state index contributed by atoms with van der Waals surface area (Å²) < 4.78 is 34.3. The van der Waals surface area contributed by atoms with Gasteiger partial charge in [-0.3, -0.25) is 0 Å². The van der Waals surface area contributed by atoms with Crippen LogP contribution in [0.1, 0.15) is 142 Å². The SMILES string of the molecule is CCCCCCC(CCCCCCCCCCCC(O)CCCCC)S(=O)(=O)[O-].[K+]. The number of unbranched alkanes of at least 4 members (excludes halogenated alkanes) is 13. The predicted molar refractivity (Wildman–Crippen MR) is 123 cm³/mol. The first kappa shape index (κ1) is 33.7. The fraction of sp³-hybridized carbons (Fsp3) is 1.00. The van der Waals surface area contributed by atoms with Gasteiger partial charge in [0.15, 0.2) is 0 Å². The van der Waals surface area contributed by atoms with Crippen molar-refractivity contribution in [1.29, 1.82) is 0 Å². The Morgan fingerprint density at radius 1 is 0.600 bits per heavy atom. The molecule has 0 radical (unpaired) electrons. The minimum Gasteiger partial charge on any atom is -0.748 e. The molecule has 0 amide bonds. The summed E-state index contributed by atoms with van der Waals surface area (Å²) in [6, 6.07) is 0. The summed E-state index contributed by atoms with van der Waals surface area (Å²) in [6.45, 7) is 4.32. The van der Waals surface area contributed by atoms with Gasteiger partial charge < -0.3 is 9.66 Å². The summed E-state index contributed by atoms with van der Waals surface area (Å²) >= 11 is 0. The van der Waals surface area contributed by atoms with Crippen LogP contribution in [0, 0.1) is 0 Å². The van der Waals surface area contributed by atoms with Crippen molar-refractivity contribution in [3.8, 4) is 0 Å². The summed E-state index contributed by atoms with van der Waals surface area (Å²) in [5.41, 5.74) is 0. The molecular formula is C24H49KO4S. The van der Waals surface area contributed by atoms with Gasteiger partial charge in [0.25, 0.3) is 0 Å². The van der Waals surface area contributed by atoms with E-state index in [0.29, 0.717) is 12.8 Å². The van der Waals surface area contributed by atoms with Crippen molar-refractivity contribution < 1.29 is 69.5 Å². The first-order valence-corrected chi connectivity index (χ1v) is 14.0. The number of aliphatic hydroxyl groups is 1. The van der Waals surface area contributed by atoms with Gasteiger partial charge in [0.05, 0.1) is 16.2 Å². The molecule has 30 heavy (non-hydrogen) atoms. The third kappa shape index (κ3) is 22.7. The summed E-state index contributed by atoms with van der Waals surface area (Å²) in [5, 5.41) is 9.23. The molecule has 2 atom stereocenters. The van der Waals surface area contributed by atoms with Crippen LogP contribution in [0.4, 0.5) is 0 Å². The van der Waals surface area contributed by atoms with Crippen molar-refractivity contribution in [3.63, 3.8) is 0 Å². The van der Waals surface area contributed by atoms with E-state index in [1.54, 1.807) is 0 Å². The van der Waals surface area contributed by atoms with E-state index in [4.69, 9.17) is 0 Å². The van der Waals surface area contributed by atoms with Crippen molar-refractivity contribution >= 4 is 10.1 Å². The van der Waals surface area contributed by atoms with Gasteiger partial charge in [-0.2, -0.15) is 0 Å². The Morgan fingerprint density at radius 3 is 1.30 bits per heavy atom. The number of rotatable bonds is 22. The van der Waals surface area contributed by atoms with E-state index in [1.165, 1.54) is 44.9 Å². The summed E-state index contributed by atoms with van der Waals surface area (Å²) in [5.74, 6) is 0. The predicted octanol–water partition coefficient (Wildman–Crippen LogP) is 4.11.